The van der Waals surface area contributed by atoms with Gasteiger partial charge in [-0.15, -0.1) is 0 Å². The number of carbonyl (C=O) groups excluding carboxylic acids is 3. The summed E-state index contributed by atoms with van der Waals surface area (Å²) >= 11 is 0. The van der Waals surface area contributed by atoms with Crippen molar-refractivity contribution >= 4 is 23.9 Å². The molecule has 10 heteroatoms. The number of ether oxygens (including phenoxy) is 1. The highest BCUT2D eigenvalue weighted by molar-refractivity contribution is 6.11. The van der Waals surface area contributed by atoms with E-state index in [0.29, 0.717) is 13.0 Å². The molecule has 0 saturated carbocycles. The van der Waals surface area contributed by atoms with Crippen LogP contribution in [0.4, 0.5) is 4.79 Å². The second-order valence-electron chi connectivity index (χ2n) is 12.1. The lowest BCUT2D eigenvalue weighted by Crippen LogP contribution is -2.29. The van der Waals surface area contributed by atoms with Crippen molar-refractivity contribution in [2.45, 2.75) is 155 Å². The maximum atomic E-state index is 12.3. The number of unbranched alkanes of at least 4 members (excludes halogenated alkanes) is 13. The molecule has 0 aromatic heterocycles. The van der Waals surface area contributed by atoms with E-state index in [0.717, 1.165) is 110 Å². The molecule has 0 spiro atoms. The smallest absolute Gasteiger partial charge is 0.326 e. The average molecular weight is 623 g/mol. The Labute approximate surface area is 266 Å². The molecular formula is C34H62N4O6. The maximum Gasteiger partial charge on any atom is 0.326 e. The molecule has 1 fully saturated rings. The van der Waals surface area contributed by atoms with Gasteiger partial charge in [-0.2, -0.15) is 0 Å². The van der Waals surface area contributed by atoms with E-state index >= 15 is 0 Å². The Morgan fingerprint density at radius 1 is 0.773 bits per heavy atom. The molecule has 1 saturated heterocycles. The summed E-state index contributed by atoms with van der Waals surface area (Å²) in [5.74, 6) is -1.18. The van der Waals surface area contributed by atoms with Crippen LogP contribution in [0.25, 0.3) is 0 Å². The second kappa shape index (κ2) is 26.8. The normalized spacial score (nSPS) is 14.6. The molecular weight excluding hydrogens is 560 g/mol. The number of urea groups is 1. The highest BCUT2D eigenvalue weighted by Crippen LogP contribution is 2.15. The lowest BCUT2D eigenvalue weighted by atomic mass is 10.1. The lowest BCUT2D eigenvalue weighted by molar-refractivity contribution is -0.149. The first-order valence-electron chi connectivity index (χ1n) is 17.5. The minimum atomic E-state index is -0.722. The van der Waals surface area contributed by atoms with Crippen LogP contribution in [0.3, 0.4) is 0 Å². The van der Waals surface area contributed by atoms with E-state index in [9.17, 15) is 19.2 Å². The summed E-state index contributed by atoms with van der Waals surface area (Å²) in [5, 5.41) is 16.6. The predicted molar refractivity (Wildman–Crippen MR) is 175 cm³/mol. The molecule has 1 aliphatic rings. The molecule has 3 amide bonds. The van der Waals surface area contributed by atoms with Gasteiger partial charge in [-0.3, -0.25) is 19.7 Å². The van der Waals surface area contributed by atoms with Crippen LogP contribution in [0, 0.1) is 0 Å². The summed E-state index contributed by atoms with van der Waals surface area (Å²) in [6, 6.07) is -0.499. The summed E-state index contributed by atoms with van der Waals surface area (Å²) in [7, 11) is 0. The molecule has 1 unspecified atom stereocenters. The van der Waals surface area contributed by atoms with Crippen LogP contribution in [-0.4, -0.2) is 66.2 Å². The van der Waals surface area contributed by atoms with Crippen LogP contribution >= 0.6 is 0 Å². The predicted octanol–water partition coefficient (Wildman–Crippen LogP) is 6.79. The Morgan fingerprint density at radius 2 is 1.34 bits per heavy atom. The third-order valence-electron chi connectivity index (χ3n) is 8.12. The molecule has 0 radical (unpaired) electrons. The van der Waals surface area contributed by atoms with Crippen molar-refractivity contribution in [3.05, 3.63) is 11.9 Å². The molecule has 1 rings (SSSR count). The fourth-order valence-corrected chi connectivity index (χ4v) is 5.42. The second-order valence-corrected chi connectivity index (χ2v) is 12.1. The molecule has 0 aliphatic carbocycles. The van der Waals surface area contributed by atoms with Crippen molar-refractivity contribution in [1.29, 1.82) is 0 Å². The molecule has 0 aromatic rings. The number of rotatable bonds is 30. The number of amides is 3. The fourth-order valence-electron chi connectivity index (χ4n) is 5.42. The van der Waals surface area contributed by atoms with Crippen molar-refractivity contribution in [3.8, 4) is 0 Å². The quantitative estimate of drug-likeness (QED) is 0.0298. The minimum absolute atomic E-state index is 0.0443. The van der Waals surface area contributed by atoms with E-state index in [1.54, 1.807) is 6.20 Å². The van der Waals surface area contributed by atoms with Crippen molar-refractivity contribution in [2.75, 3.05) is 26.2 Å². The molecule has 0 aromatic carbocycles. The van der Waals surface area contributed by atoms with E-state index in [4.69, 9.17) is 9.84 Å². The first kappa shape index (κ1) is 39.4. The number of hydrogen-bond donors (Lipinski definition) is 4. The molecule has 1 heterocycles. The molecule has 4 N–H and O–H groups in total. The molecule has 0 bridgehead atoms. The Bertz CT molecular complexity index is 835. The summed E-state index contributed by atoms with van der Waals surface area (Å²) in [4.78, 5) is 48.3. The van der Waals surface area contributed by atoms with Crippen molar-refractivity contribution in [3.63, 3.8) is 0 Å². The number of aliphatic carboxylic acids is 1. The van der Waals surface area contributed by atoms with E-state index < -0.39 is 17.9 Å². The number of nitrogens with one attached hydrogen (secondary N) is 3. The third-order valence-corrected chi connectivity index (χ3v) is 8.12. The fraction of sp³-hybridized carbons (Fsp3) is 0.824. The summed E-state index contributed by atoms with van der Waals surface area (Å²) in [5.41, 5.74) is 0.237. The standard InChI is InChI=1S/C34H62N4O6/c1-3-5-6-7-10-15-21-29(4-2)44-32(41)23-17-12-9-14-19-26-38(25-18-13-8-11-16-22-31(39)40)27-20-24-35-28-30-33(42)37-34(43)36-30/h28-29,35H,3-27H2,1-2H3,(H,39,40)(H2,36,37,42,43)/b30-28+. The van der Waals surface area contributed by atoms with E-state index in [-0.39, 0.29) is 24.2 Å². The molecule has 1 aliphatic heterocycles. The van der Waals surface area contributed by atoms with Crippen molar-refractivity contribution < 1.29 is 29.0 Å². The zero-order valence-corrected chi connectivity index (χ0v) is 27.8. The van der Waals surface area contributed by atoms with Gasteiger partial charge in [0.2, 0.25) is 0 Å². The van der Waals surface area contributed by atoms with Crippen LogP contribution in [0.5, 0.6) is 0 Å². The van der Waals surface area contributed by atoms with Gasteiger partial charge in [0.25, 0.3) is 5.91 Å². The van der Waals surface area contributed by atoms with Crippen LogP contribution < -0.4 is 16.0 Å². The number of esters is 1. The third kappa shape index (κ3) is 22.0. The SMILES string of the molecule is CCCCCCCCC(CC)OC(=O)CCCCCCCN(CCCCCCCC(=O)O)CCCN/C=C1/NC(=O)NC1=O. The summed E-state index contributed by atoms with van der Waals surface area (Å²) < 4.78 is 5.74. The summed E-state index contributed by atoms with van der Waals surface area (Å²) in [6.07, 6.45) is 23.0. The number of carboxylic acid groups (broad SMARTS) is 1. The number of carboxylic acids is 1. The van der Waals surface area contributed by atoms with Gasteiger partial charge in [0.1, 0.15) is 11.8 Å². The van der Waals surface area contributed by atoms with E-state index in [1.807, 2.05) is 0 Å². The number of nitrogens with zero attached hydrogens (tertiary/aromatic N) is 1. The molecule has 254 valence electrons. The van der Waals surface area contributed by atoms with Gasteiger partial charge in [-0.05, 0) is 71.0 Å². The van der Waals surface area contributed by atoms with Crippen LogP contribution in [0.15, 0.2) is 11.9 Å². The van der Waals surface area contributed by atoms with Gasteiger partial charge in [0.05, 0.1) is 0 Å². The number of carbonyl (C=O) groups is 4. The van der Waals surface area contributed by atoms with Crippen LogP contribution in [0.1, 0.15) is 149 Å². The monoisotopic (exact) mass is 622 g/mol. The van der Waals surface area contributed by atoms with Gasteiger partial charge in [-0.25, -0.2) is 4.79 Å². The zero-order valence-electron chi connectivity index (χ0n) is 27.8. The Hall–Kier alpha value is -2.62. The van der Waals surface area contributed by atoms with E-state index in [1.165, 1.54) is 32.1 Å². The first-order chi connectivity index (χ1) is 21.3. The van der Waals surface area contributed by atoms with Crippen molar-refractivity contribution in [2.24, 2.45) is 0 Å². The van der Waals surface area contributed by atoms with Crippen molar-refractivity contribution in [1.82, 2.24) is 20.9 Å². The number of imide groups is 1. The van der Waals surface area contributed by atoms with Gasteiger partial charge < -0.3 is 25.4 Å². The van der Waals surface area contributed by atoms with Gasteiger partial charge in [0.15, 0.2) is 0 Å². The Balaban J connectivity index is 2.23. The lowest BCUT2D eigenvalue weighted by Gasteiger charge is -2.22. The molecule has 1 atom stereocenters. The van der Waals surface area contributed by atoms with Gasteiger partial charge in [0, 0.05) is 25.6 Å². The number of hydrogen-bond acceptors (Lipinski definition) is 7. The molecule has 10 nitrogen and oxygen atoms in total. The topological polar surface area (TPSA) is 137 Å². The first-order valence-corrected chi connectivity index (χ1v) is 17.5. The molecule has 44 heavy (non-hydrogen) atoms. The highest BCUT2D eigenvalue weighted by Gasteiger charge is 2.22. The van der Waals surface area contributed by atoms with Gasteiger partial charge in [-0.1, -0.05) is 84.5 Å². The highest BCUT2D eigenvalue weighted by atomic mass is 16.5. The van der Waals surface area contributed by atoms with Gasteiger partial charge >= 0.3 is 18.0 Å². The Kier molecular flexibility index (Phi) is 24.0. The summed E-state index contributed by atoms with van der Waals surface area (Å²) in [6.45, 7) is 8.02. The largest absolute Gasteiger partial charge is 0.481 e. The minimum Gasteiger partial charge on any atom is -0.481 e. The maximum absolute atomic E-state index is 12.3. The van der Waals surface area contributed by atoms with Crippen LogP contribution in [-0.2, 0) is 19.1 Å². The van der Waals surface area contributed by atoms with Crippen LogP contribution in [0.2, 0.25) is 0 Å². The average Bonchev–Trinajstić information content (AvgIpc) is 3.32. The zero-order chi connectivity index (χ0) is 32.3. The van der Waals surface area contributed by atoms with E-state index in [2.05, 4.69) is 34.7 Å². The Morgan fingerprint density at radius 3 is 1.93 bits per heavy atom.